The molecule has 1 aliphatic carbocycles. The fourth-order valence-corrected chi connectivity index (χ4v) is 7.21. The highest BCUT2D eigenvalue weighted by Crippen LogP contribution is 2.48. The monoisotopic (exact) mass is 559 g/mol. The Morgan fingerprint density at radius 2 is 1.49 bits per heavy atom. The van der Waals surface area contributed by atoms with Gasteiger partial charge < -0.3 is 5.32 Å². The molecule has 0 aliphatic heterocycles. The van der Waals surface area contributed by atoms with Gasteiger partial charge in [-0.05, 0) is 58.9 Å². The minimum Gasteiger partial charge on any atom is -0.341 e. The maximum Gasteiger partial charge on any atom is 0.252 e. The lowest BCUT2D eigenvalue weighted by Gasteiger charge is -2.46. The van der Waals surface area contributed by atoms with Crippen LogP contribution in [0.1, 0.15) is 59.9 Å². The summed E-state index contributed by atoms with van der Waals surface area (Å²) in [5, 5.41) is 11.0. The first-order valence-electron chi connectivity index (χ1n) is 14.0. The number of carbonyl (C=O) groups excluding carboxylic acids is 2. The zero-order valence-corrected chi connectivity index (χ0v) is 24.5. The van der Waals surface area contributed by atoms with E-state index in [-0.39, 0.29) is 23.7 Å². The third kappa shape index (κ3) is 4.72. The van der Waals surface area contributed by atoms with E-state index in [4.69, 9.17) is 4.98 Å². The van der Waals surface area contributed by atoms with Gasteiger partial charge in [-0.2, -0.15) is 0 Å². The Kier molecular flexibility index (Phi) is 6.96. The first-order valence-corrected chi connectivity index (χ1v) is 14.9. The summed E-state index contributed by atoms with van der Waals surface area (Å²) in [6, 6.07) is 29.1. The molecule has 2 amide bonds. The number of thiazole rings is 1. The Balaban J connectivity index is 1.39. The molecule has 0 fully saturated rings. The number of hydrogen-bond donors (Lipinski definition) is 2. The van der Waals surface area contributed by atoms with Gasteiger partial charge in [-0.1, -0.05) is 91.9 Å². The molecule has 0 spiro atoms. The van der Waals surface area contributed by atoms with Crippen molar-refractivity contribution < 1.29 is 9.59 Å². The van der Waals surface area contributed by atoms with Gasteiger partial charge in [0.25, 0.3) is 5.91 Å². The molecule has 2 N–H and O–H groups in total. The van der Waals surface area contributed by atoms with Crippen molar-refractivity contribution in [3.05, 3.63) is 118 Å². The van der Waals surface area contributed by atoms with Gasteiger partial charge in [-0.15, -0.1) is 11.3 Å². The molecule has 1 aromatic heterocycles. The van der Waals surface area contributed by atoms with Crippen molar-refractivity contribution >= 4 is 39.1 Å². The second-order valence-electron chi connectivity index (χ2n) is 11.1. The van der Waals surface area contributed by atoms with E-state index in [0.29, 0.717) is 11.6 Å². The molecule has 3 atom stereocenters. The number of nitrogens with one attached hydrogen (secondary N) is 2. The Labute approximate surface area is 244 Å². The van der Waals surface area contributed by atoms with Crippen LogP contribution in [-0.4, -0.2) is 22.3 Å². The van der Waals surface area contributed by atoms with Gasteiger partial charge in [0.05, 0.1) is 5.69 Å². The van der Waals surface area contributed by atoms with E-state index in [1.165, 1.54) is 34.8 Å². The molecule has 1 aliphatic rings. The lowest BCUT2D eigenvalue weighted by molar-refractivity contribution is -0.131. The van der Waals surface area contributed by atoms with E-state index < -0.39 is 5.54 Å². The quantitative estimate of drug-likeness (QED) is 0.231. The van der Waals surface area contributed by atoms with Crippen LogP contribution in [0.2, 0.25) is 0 Å². The fourth-order valence-electron chi connectivity index (χ4n) is 6.51. The minimum atomic E-state index is -1.16. The Morgan fingerprint density at radius 3 is 2.22 bits per heavy atom. The summed E-state index contributed by atoms with van der Waals surface area (Å²) in [5.74, 6) is -0.779. The third-order valence-corrected chi connectivity index (χ3v) is 9.37. The van der Waals surface area contributed by atoms with Gasteiger partial charge in [0, 0.05) is 29.7 Å². The molecule has 4 aromatic carbocycles. The van der Waals surface area contributed by atoms with E-state index in [9.17, 15) is 9.59 Å². The van der Waals surface area contributed by atoms with E-state index in [2.05, 4.69) is 73.0 Å². The van der Waals surface area contributed by atoms with Crippen LogP contribution in [-0.2, 0) is 9.59 Å². The molecule has 0 saturated heterocycles. The molecular formula is C35H33N3O2S. The Hall–Kier alpha value is -4.29. The molecule has 5 nitrogen and oxygen atoms in total. The average molecular weight is 560 g/mol. The van der Waals surface area contributed by atoms with Gasteiger partial charge in [-0.3, -0.25) is 14.9 Å². The van der Waals surface area contributed by atoms with E-state index >= 15 is 0 Å². The average Bonchev–Trinajstić information content (AvgIpc) is 3.43. The van der Waals surface area contributed by atoms with Crippen molar-refractivity contribution in [2.45, 2.75) is 51.5 Å². The van der Waals surface area contributed by atoms with Gasteiger partial charge in [-0.25, -0.2) is 4.98 Å². The Morgan fingerprint density at radius 1 is 0.829 bits per heavy atom. The summed E-state index contributed by atoms with van der Waals surface area (Å²) < 4.78 is 0. The molecule has 6 heteroatoms. The number of amides is 2. The second-order valence-corrected chi connectivity index (χ2v) is 11.9. The van der Waals surface area contributed by atoms with E-state index in [1.807, 2.05) is 48.7 Å². The van der Waals surface area contributed by atoms with Crippen molar-refractivity contribution in [2.24, 2.45) is 0 Å². The number of nitrogens with zero attached hydrogens (tertiary/aromatic N) is 1. The number of aryl methyl sites for hydroxylation is 2. The van der Waals surface area contributed by atoms with Crippen molar-refractivity contribution in [1.82, 2.24) is 10.3 Å². The molecule has 0 saturated carbocycles. The fraction of sp³-hybridized carbons (Fsp3) is 0.229. The van der Waals surface area contributed by atoms with Crippen LogP contribution in [0.15, 0.2) is 90.3 Å². The highest BCUT2D eigenvalue weighted by molar-refractivity contribution is 7.14. The standard InChI is InChI=1S/C35H33N3O2S/c1-21-11-5-6-13-26(21)31-19-35(38-24(4)39,23(3)27-14-8-10-16-29(27)31)33(40)37-34-36-32(20-41-34)30-18-17-22(2)25-12-7-9-15-28(25)30/h5-18,20,23,31H,19H2,1-4H3,(H,38,39)(H,36,37,40). The minimum absolute atomic E-state index is 0.0491. The highest BCUT2D eigenvalue weighted by Gasteiger charge is 2.51. The number of hydrogen-bond acceptors (Lipinski definition) is 4. The number of aromatic nitrogens is 1. The molecule has 41 heavy (non-hydrogen) atoms. The van der Waals surface area contributed by atoms with E-state index in [0.717, 1.165) is 33.3 Å². The smallest absolute Gasteiger partial charge is 0.252 e. The zero-order chi connectivity index (χ0) is 28.7. The predicted octanol–water partition coefficient (Wildman–Crippen LogP) is 7.73. The second kappa shape index (κ2) is 10.6. The van der Waals surface area contributed by atoms with Crippen molar-refractivity contribution in [3.63, 3.8) is 0 Å². The third-order valence-electron chi connectivity index (χ3n) is 8.61. The lowest BCUT2D eigenvalue weighted by Crippen LogP contribution is -2.61. The Bertz CT molecular complexity index is 1790. The molecule has 5 aromatic rings. The predicted molar refractivity (Wildman–Crippen MR) is 167 cm³/mol. The van der Waals surface area contributed by atoms with Gasteiger partial charge in [0.1, 0.15) is 5.54 Å². The first kappa shape index (κ1) is 26.9. The van der Waals surface area contributed by atoms with Crippen LogP contribution in [0.5, 0.6) is 0 Å². The number of carbonyl (C=O) groups is 2. The van der Waals surface area contributed by atoms with Crippen molar-refractivity contribution in [3.8, 4) is 11.3 Å². The first-order chi connectivity index (χ1) is 19.8. The summed E-state index contributed by atoms with van der Waals surface area (Å²) in [7, 11) is 0. The summed E-state index contributed by atoms with van der Waals surface area (Å²) in [4.78, 5) is 31.9. The van der Waals surface area contributed by atoms with Gasteiger partial charge >= 0.3 is 0 Å². The number of rotatable bonds is 5. The maximum absolute atomic E-state index is 14.4. The molecule has 206 valence electrons. The topological polar surface area (TPSA) is 71.1 Å². The van der Waals surface area contributed by atoms with Crippen LogP contribution in [0.4, 0.5) is 5.13 Å². The summed E-state index contributed by atoms with van der Waals surface area (Å²) in [5.41, 5.74) is 6.49. The van der Waals surface area contributed by atoms with Crippen LogP contribution >= 0.6 is 11.3 Å². The van der Waals surface area contributed by atoms with Crippen LogP contribution < -0.4 is 10.6 Å². The van der Waals surface area contributed by atoms with Crippen LogP contribution in [0.3, 0.4) is 0 Å². The van der Waals surface area contributed by atoms with Crippen molar-refractivity contribution in [2.75, 3.05) is 5.32 Å². The lowest BCUT2D eigenvalue weighted by atomic mass is 9.63. The zero-order valence-electron chi connectivity index (χ0n) is 23.7. The van der Waals surface area contributed by atoms with Crippen molar-refractivity contribution in [1.29, 1.82) is 0 Å². The molecule has 3 unspecified atom stereocenters. The maximum atomic E-state index is 14.4. The van der Waals surface area contributed by atoms with Gasteiger partial charge in [0.2, 0.25) is 5.91 Å². The molecule has 0 bridgehead atoms. The highest BCUT2D eigenvalue weighted by atomic mass is 32.1. The summed E-state index contributed by atoms with van der Waals surface area (Å²) in [6.07, 6.45) is 0.447. The molecule has 1 heterocycles. The normalized spacial score (nSPS) is 19.9. The van der Waals surface area contributed by atoms with Gasteiger partial charge in [0.15, 0.2) is 5.13 Å². The van der Waals surface area contributed by atoms with Crippen LogP contribution in [0.25, 0.3) is 22.0 Å². The SMILES string of the molecule is CC(=O)NC1(C(=O)Nc2nc(-c3ccc(C)c4ccccc34)cs2)CC(c2ccccc2C)c2ccccc2C1C. The van der Waals surface area contributed by atoms with Crippen LogP contribution in [0, 0.1) is 13.8 Å². The summed E-state index contributed by atoms with van der Waals surface area (Å²) in [6.45, 7) is 7.72. The number of fused-ring (bicyclic) bond motifs is 2. The molecular weight excluding hydrogens is 526 g/mol. The largest absolute Gasteiger partial charge is 0.341 e. The molecule has 6 rings (SSSR count). The van der Waals surface area contributed by atoms with E-state index in [1.54, 1.807) is 0 Å². The number of benzene rings is 4. The molecule has 0 radical (unpaired) electrons. The summed E-state index contributed by atoms with van der Waals surface area (Å²) >= 11 is 1.40. The number of anilines is 1.